The highest BCUT2D eigenvalue weighted by atomic mass is 32.2. The molecule has 0 fully saturated rings. The Morgan fingerprint density at radius 3 is 2.00 bits per heavy atom. The number of thioether (sulfide) groups is 1. The molecule has 10 heteroatoms. The summed E-state index contributed by atoms with van der Waals surface area (Å²) in [6, 6.07) is 12.1. The Bertz CT molecular complexity index is 811. The molecule has 27 heavy (non-hydrogen) atoms. The Morgan fingerprint density at radius 1 is 0.963 bits per heavy atom. The second-order valence-corrected chi connectivity index (χ2v) is 6.95. The highest BCUT2D eigenvalue weighted by molar-refractivity contribution is 8.00. The van der Waals surface area contributed by atoms with E-state index in [4.69, 9.17) is 0 Å². The van der Waals surface area contributed by atoms with Crippen molar-refractivity contribution in [2.75, 3.05) is 18.4 Å². The molecule has 2 rings (SSSR count). The summed E-state index contributed by atoms with van der Waals surface area (Å²) in [5.74, 6) is -0.149. The quantitative estimate of drug-likeness (QED) is 0.291. The van der Waals surface area contributed by atoms with Crippen molar-refractivity contribution in [3.63, 3.8) is 0 Å². The maximum atomic E-state index is 12.1. The molecule has 2 aromatic rings. The second kappa shape index (κ2) is 9.53. The maximum Gasteiger partial charge on any atom is 0.269 e. The SMILES string of the molecule is C[C@H](Sc1ccc([N+](=O)[O-])cc1)C(=O)NCCNc1ccc([N+](=O)[O-])cc1. The van der Waals surface area contributed by atoms with Crippen LogP contribution in [0.2, 0.25) is 0 Å². The van der Waals surface area contributed by atoms with Gasteiger partial charge in [0.2, 0.25) is 5.91 Å². The van der Waals surface area contributed by atoms with Gasteiger partial charge >= 0.3 is 0 Å². The predicted octanol–water partition coefficient (Wildman–Crippen LogP) is 3.21. The molecule has 0 unspecified atom stereocenters. The Kier molecular flexibility index (Phi) is 7.12. The average Bonchev–Trinajstić information content (AvgIpc) is 2.65. The summed E-state index contributed by atoms with van der Waals surface area (Å²) in [4.78, 5) is 33.2. The molecule has 0 aliphatic carbocycles. The van der Waals surface area contributed by atoms with E-state index < -0.39 is 9.85 Å². The van der Waals surface area contributed by atoms with Gasteiger partial charge in [-0.15, -0.1) is 11.8 Å². The van der Waals surface area contributed by atoms with Gasteiger partial charge in [0.1, 0.15) is 0 Å². The van der Waals surface area contributed by atoms with Crippen LogP contribution in [-0.4, -0.2) is 34.1 Å². The van der Waals surface area contributed by atoms with Crippen LogP contribution in [0.25, 0.3) is 0 Å². The highest BCUT2D eigenvalue weighted by Crippen LogP contribution is 2.25. The van der Waals surface area contributed by atoms with Crippen molar-refractivity contribution in [3.05, 3.63) is 68.8 Å². The fourth-order valence-electron chi connectivity index (χ4n) is 2.14. The molecule has 0 aromatic heterocycles. The monoisotopic (exact) mass is 390 g/mol. The minimum Gasteiger partial charge on any atom is -0.383 e. The van der Waals surface area contributed by atoms with Crippen LogP contribution in [0.3, 0.4) is 0 Å². The molecular formula is C17H18N4O5S. The first-order valence-corrected chi connectivity index (χ1v) is 8.92. The topological polar surface area (TPSA) is 127 Å². The van der Waals surface area contributed by atoms with E-state index in [2.05, 4.69) is 10.6 Å². The van der Waals surface area contributed by atoms with Gasteiger partial charge in [0.25, 0.3) is 11.4 Å². The largest absolute Gasteiger partial charge is 0.383 e. The van der Waals surface area contributed by atoms with Gasteiger partial charge in [-0.1, -0.05) is 0 Å². The number of benzene rings is 2. The molecule has 0 saturated carbocycles. The number of carbonyl (C=O) groups excluding carboxylic acids is 1. The molecular weight excluding hydrogens is 372 g/mol. The van der Waals surface area contributed by atoms with Crippen molar-refractivity contribution < 1.29 is 14.6 Å². The number of carbonyl (C=O) groups is 1. The standard InChI is InChI=1S/C17H18N4O5S/c1-12(27-16-8-6-15(7-9-16)21(25)26)17(22)19-11-10-18-13-2-4-14(5-3-13)20(23)24/h2-9,12,18H,10-11H2,1H3,(H,19,22)/t12-/m0/s1. The third-order valence-corrected chi connectivity index (χ3v) is 4.67. The van der Waals surface area contributed by atoms with Crippen molar-refractivity contribution in [1.29, 1.82) is 0 Å². The molecule has 1 atom stereocenters. The number of hydrogen-bond donors (Lipinski definition) is 2. The molecule has 0 saturated heterocycles. The number of nitro groups is 2. The minimum absolute atomic E-state index is 0.00812. The molecule has 0 radical (unpaired) electrons. The first-order valence-electron chi connectivity index (χ1n) is 8.04. The number of nitrogens with zero attached hydrogens (tertiary/aromatic N) is 2. The zero-order valence-corrected chi connectivity index (χ0v) is 15.3. The third kappa shape index (κ3) is 6.26. The van der Waals surface area contributed by atoms with Gasteiger partial charge in [0.05, 0.1) is 15.1 Å². The zero-order valence-electron chi connectivity index (χ0n) is 14.5. The number of nitrogens with one attached hydrogen (secondary N) is 2. The van der Waals surface area contributed by atoms with E-state index in [9.17, 15) is 25.0 Å². The second-order valence-electron chi connectivity index (χ2n) is 5.53. The lowest BCUT2D eigenvalue weighted by molar-refractivity contribution is -0.385. The molecule has 0 spiro atoms. The fourth-order valence-corrected chi connectivity index (χ4v) is 3.03. The van der Waals surface area contributed by atoms with Gasteiger partial charge in [-0.25, -0.2) is 0 Å². The highest BCUT2D eigenvalue weighted by Gasteiger charge is 2.14. The Hall–Kier alpha value is -3.14. The van der Waals surface area contributed by atoms with Crippen LogP contribution in [0, 0.1) is 20.2 Å². The van der Waals surface area contributed by atoms with Crippen LogP contribution < -0.4 is 10.6 Å². The van der Waals surface area contributed by atoms with E-state index in [1.165, 1.54) is 36.0 Å². The molecule has 0 heterocycles. The number of non-ortho nitro benzene ring substituents is 2. The lowest BCUT2D eigenvalue weighted by Gasteiger charge is -2.12. The van der Waals surface area contributed by atoms with E-state index in [1.54, 1.807) is 31.2 Å². The van der Waals surface area contributed by atoms with Gasteiger partial charge in [-0.05, 0) is 31.2 Å². The van der Waals surface area contributed by atoms with Gasteiger partial charge in [0, 0.05) is 47.9 Å². The van der Waals surface area contributed by atoms with Crippen molar-refractivity contribution in [2.24, 2.45) is 0 Å². The van der Waals surface area contributed by atoms with Crippen LogP contribution in [0.15, 0.2) is 53.4 Å². The van der Waals surface area contributed by atoms with E-state index >= 15 is 0 Å². The lowest BCUT2D eigenvalue weighted by atomic mass is 10.3. The van der Waals surface area contributed by atoms with Crippen LogP contribution in [0.4, 0.5) is 17.1 Å². The van der Waals surface area contributed by atoms with E-state index in [0.29, 0.717) is 13.1 Å². The summed E-state index contributed by atoms with van der Waals surface area (Å²) in [6.45, 7) is 2.62. The van der Waals surface area contributed by atoms with E-state index in [0.717, 1.165) is 10.6 Å². The minimum atomic E-state index is -0.470. The number of anilines is 1. The Balaban J connectivity index is 1.72. The van der Waals surface area contributed by atoms with Crippen molar-refractivity contribution in [1.82, 2.24) is 5.32 Å². The van der Waals surface area contributed by atoms with Crippen LogP contribution in [-0.2, 0) is 4.79 Å². The molecule has 1 amide bonds. The van der Waals surface area contributed by atoms with Crippen LogP contribution >= 0.6 is 11.8 Å². The predicted molar refractivity (Wildman–Crippen MR) is 103 cm³/mol. The average molecular weight is 390 g/mol. The Morgan fingerprint density at radius 2 is 1.48 bits per heavy atom. The van der Waals surface area contributed by atoms with E-state index in [-0.39, 0.29) is 22.5 Å². The zero-order chi connectivity index (χ0) is 19.8. The summed E-state index contributed by atoms with van der Waals surface area (Å²) >= 11 is 1.31. The summed E-state index contributed by atoms with van der Waals surface area (Å²) in [6.07, 6.45) is 0. The van der Waals surface area contributed by atoms with Crippen molar-refractivity contribution in [3.8, 4) is 0 Å². The molecule has 0 aliphatic heterocycles. The lowest BCUT2D eigenvalue weighted by Crippen LogP contribution is -2.34. The summed E-state index contributed by atoms with van der Waals surface area (Å²) in [5, 5.41) is 26.7. The first kappa shape index (κ1) is 20.2. The summed E-state index contributed by atoms with van der Waals surface area (Å²) in [7, 11) is 0. The first-order chi connectivity index (χ1) is 12.9. The smallest absolute Gasteiger partial charge is 0.269 e. The van der Waals surface area contributed by atoms with Gasteiger partial charge in [-0.3, -0.25) is 25.0 Å². The molecule has 0 bridgehead atoms. The fraction of sp³-hybridized carbons (Fsp3) is 0.235. The van der Waals surface area contributed by atoms with Gasteiger partial charge in [-0.2, -0.15) is 0 Å². The third-order valence-electron chi connectivity index (χ3n) is 3.56. The normalized spacial score (nSPS) is 11.4. The Labute approximate surface area is 159 Å². The molecule has 142 valence electrons. The molecule has 2 aromatic carbocycles. The van der Waals surface area contributed by atoms with Gasteiger partial charge in [0.15, 0.2) is 0 Å². The molecule has 0 aliphatic rings. The summed E-state index contributed by atoms with van der Waals surface area (Å²) < 4.78 is 0. The molecule has 2 N–H and O–H groups in total. The molecule has 9 nitrogen and oxygen atoms in total. The van der Waals surface area contributed by atoms with Crippen LogP contribution in [0.5, 0.6) is 0 Å². The maximum absolute atomic E-state index is 12.1. The van der Waals surface area contributed by atoms with Gasteiger partial charge < -0.3 is 10.6 Å². The van der Waals surface area contributed by atoms with Crippen molar-refractivity contribution in [2.45, 2.75) is 17.1 Å². The van der Waals surface area contributed by atoms with Crippen LogP contribution in [0.1, 0.15) is 6.92 Å². The number of amides is 1. The number of hydrogen-bond acceptors (Lipinski definition) is 7. The number of nitro benzene ring substituents is 2. The van der Waals surface area contributed by atoms with E-state index in [1.807, 2.05) is 0 Å². The number of rotatable bonds is 9. The van der Waals surface area contributed by atoms with Crippen molar-refractivity contribution >= 4 is 34.7 Å². The summed E-state index contributed by atoms with van der Waals surface area (Å²) in [5.41, 5.74) is 0.753.